The van der Waals surface area contributed by atoms with E-state index in [1.807, 2.05) is 37.4 Å². The quantitative estimate of drug-likeness (QED) is 0.553. The number of carboxylic acids is 1. The Bertz CT molecular complexity index is 979. The van der Waals surface area contributed by atoms with Gasteiger partial charge in [-0.2, -0.15) is 0 Å². The lowest BCUT2D eigenvalue weighted by Gasteiger charge is -2.36. The van der Waals surface area contributed by atoms with Crippen LogP contribution in [0, 0.1) is 0 Å². The highest BCUT2D eigenvalue weighted by molar-refractivity contribution is 7.89. The number of hydrogen-bond acceptors (Lipinski definition) is 6. The van der Waals surface area contributed by atoms with Gasteiger partial charge in [-0.1, -0.05) is 25.5 Å². The predicted molar refractivity (Wildman–Crippen MR) is 126 cm³/mol. The highest BCUT2D eigenvalue weighted by atomic mass is 32.2. The number of allylic oxidation sites excluding steroid dienone is 4. The lowest BCUT2D eigenvalue weighted by molar-refractivity contribution is -0.136. The molecule has 0 saturated carbocycles. The lowest BCUT2D eigenvalue weighted by Crippen LogP contribution is -2.44. The van der Waals surface area contributed by atoms with Crippen molar-refractivity contribution in [1.82, 2.24) is 14.6 Å². The predicted octanol–water partition coefficient (Wildman–Crippen LogP) is 2.89. The number of hydrogen-bond donors (Lipinski definition) is 2. The fourth-order valence-corrected chi connectivity index (χ4v) is 5.19. The summed E-state index contributed by atoms with van der Waals surface area (Å²) in [5.74, 6) is -0.844. The zero-order valence-corrected chi connectivity index (χ0v) is 19.4. The van der Waals surface area contributed by atoms with Gasteiger partial charge in [0.25, 0.3) is 0 Å². The highest BCUT2D eigenvalue weighted by Crippen LogP contribution is 2.28. The first-order chi connectivity index (χ1) is 15.4. The van der Waals surface area contributed by atoms with Crippen LogP contribution in [-0.2, 0) is 14.8 Å². The first-order valence-corrected chi connectivity index (χ1v) is 12.7. The van der Waals surface area contributed by atoms with E-state index in [1.165, 1.54) is 0 Å². The van der Waals surface area contributed by atoms with Crippen molar-refractivity contribution in [2.24, 2.45) is 0 Å². The molecule has 0 aromatic carbocycles. The van der Waals surface area contributed by atoms with Gasteiger partial charge in [-0.25, -0.2) is 8.42 Å². The van der Waals surface area contributed by atoms with Gasteiger partial charge in [0.15, 0.2) is 0 Å². The molecule has 0 spiro atoms. The van der Waals surface area contributed by atoms with Gasteiger partial charge in [-0.15, -0.1) is 0 Å². The van der Waals surface area contributed by atoms with E-state index in [1.54, 1.807) is 12.4 Å². The minimum atomic E-state index is -3.50. The van der Waals surface area contributed by atoms with Gasteiger partial charge in [0.1, 0.15) is 0 Å². The second-order valence-electron chi connectivity index (χ2n) is 8.06. The summed E-state index contributed by atoms with van der Waals surface area (Å²) in [5.41, 5.74) is 3.29. The summed E-state index contributed by atoms with van der Waals surface area (Å²) < 4.78 is 28.1. The van der Waals surface area contributed by atoms with Crippen molar-refractivity contribution in [3.63, 3.8) is 0 Å². The number of piperazine rings is 1. The Morgan fingerprint density at radius 1 is 1.22 bits per heavy atom. The Hall–Kier alpha value is -2.81. The van der Waals surface area contributed by atoms with Gasteiger partial charge in [0.2, 0.25) is 10.0 Å². The smallest absolute Gasteiger partial charge is 0.303 e. The fraction of sp³-hybridized carbons (Fsp3) is 0.478. The van der Waals surface area contributed by atoms with Crippen molar-refractivity contribution in [2.45, 2.75) is 39.0 Å². The molecule has 32 heavy (non-hydrogen) atoms. The molecule has 9 heteroatoms. The molecule has 1 aliphatic carbocycles. The molecule has 1 aromatic heterocycles. The molecule has 8 nitrogen and oxygen atoms in total. The van der Waals surface area contributed by atoms with Gasteiger partial charge in [-0.05, 0) is 42.5 Å². The summed E-state index contributed by atoms with van der Waals surface area (Å²) in [5, 5.41) is 9.11. The molecule has 0 unspecified atom stereocenters. The van der Waals surface area contributed by atoms with Crippen LogP contribution in [0.2, 0.25) is 0 Å². The topological polar surface area (TPSA) is 103 Å². The Balaban J connectivity index is 1.77. The van der Waals surface area contributed by atoms with Gasteiger partial charge < -0.3 is 14.9 Å². The standard InChI is InChI=1S/C23H32N4O4S/c1-2-3-17-32(30,31)25-23-19(7-8-22(28)29)5-4-6-20(23)18-26-13-15-27(16-14-26)21-9-11-24-12-10-21/h4-5,9-12,18,25H,2-3,6-8,13-17H2,1H3,(H,28,29). The average Bonchev–Trinajstić information content (AvgIpc) is 2.79. The minimum Gasteiger partial charge on any atom is -0.481 e. The van der Waals surface area contributed by atoms with E-state index in [9.17, 15) is 13.2 Å². The Labute approximate surface area is 190 Å². The molecular weight excluding hydrogens is 428 g/mol. The number of nitrogens with one attached hydrogen (secondary N) is 1. The molecule has 2 N–H and O–H groups in total. The zero-order valence-electron chi connectivity index (χ0n) is 18.5. The number of carboxylic acid groups (broad SMARTS) is 1. The first kappa shape index (κ1) is 23.8. The Morgan fingerprint density at radius 3 is 2.59 bits per heavy atom. The van der Waals surface area contributed by atoms with E-state index in [-0.39, 0.29) is 18.6 Å². The summed E-state index contributed by atoms with van der Waals surface area (Å²) in [6.07, 6.45) is 11.6. The van der Waals surface area contributed by atoms with E-state index in [0.29, 0.717) is 18.5 Å². The molecule has 1 saturated heterocycles. The van der Waals surface area contributed by atoms with Gasteiger partial charge in [0, 0.05) is 56.9 Å². The van der Waals surface area contributed by atoms with Crippen LogP contribution in [0.3, 0.4) is 0 Å². The second-order valence-corrected chi connectivity index (χ2v) is 9.90. The highest BCUT2D eigenvalue weighted by Gasteiger charge is 2.22. The number of aliphatic carboxylic acids is 1. The van der Waals surface area contributed by atoms with E-state index < -0.39 is 16.0 Å². The monoisotopic (exact) mass is 460 g/mol. The van der Waals surface area contributed by atoms with E-state index in [4.69, 9.17) is 5.11 Å². The van der Waals surface area contributed by atoms with Gasteiger partial charge >= 0.3 is 5.97 Å². The molecule has 1 aliphatic heterocycles. The van der Waals surface area contributed by atoms with Crippen molar-refractivity contribution in [2.75, 3.05) is 36.8 Å². The van der Waals surface area contributed by atoms with Crippen LogP contribution in [0.15, 0.2) is 59.7 Å². The van der Waals surface area contributed by atoms with Crippen LogP contribution in [0.4, 0.5) is 5.69 Å². The number of aromatic nitrogens is 1. The maximum absolute atomic E-state index is 12.6. The third-order valence-electron chi connectivity index (χ3n) is 5.61. The molecule has 0 radical (unpaired) electrons. The van der Waals surface area contributed by atoms with Crippen LogP contribution in [0.5, 0.6) is 0 Å². The Kier molecular flexibility index (Phi) is 8.33. The lowest BCUT2D eigenvalue weighted by atomic mass is 9.95. The number of rotatable bonds is 10. The van der Waals surface area contributed by atoms with E-state index in [2.05, 4.69) is 19.5 Å². The largest absolute Gasteiger partial charge is 0.481 e. The van der Waals surface area contributed by atoms with Crippen molar-refractivity contribution in [1.29, 1.82) is 0 Å². The van der Waals surface area contributed by atoms with Crippen molar-refractivity contribution < 1.29 is 18.3 Å². The molecule has 0 bridgehead atoms. The van der Waals surface area contributed by atoms with Crippen LogP contribution in [0.1, 0.15) is 39.0 Å². The van der Waals surface area contributed by atoms with Gasteiger partial charge in [0.05, 0.1) is 11.4 Å². The second kappa shape index (κ2) is 11.2. The van der Waals surface area contributed by atoms with E-state index >= 15 is 0 Å². The van der Waals surface area contributed by atoms with Crippen LogP contribution in [0.25, 0.3) is 0 Å². The fourth-order valence-electron chi connectivity index (χ4n) is 3.84. The number of anilines is 1. The van der Waals surface area contributed by atoms with E-state index in [0.717, 1.165) is 49.4 Å². The molecule has 2 aliphatic rings. The number of carbonyl (C=O) groups is 1. The molecule has 1 aromatic rings. The first-order valence-electron chi connectivity index (χ1n) is 11.1. The summed E-state index contributed by atoms with van der Waals surface area (Å²) in [6, 6.07) is 4.00. The summed E-state index contributed by atoms with van der Waals surface area (Å²) in [6.45, 7) is 5.30. The SMILES string of the molecule is CCCCS(=O)(=O)NC1=C(CCC(=O)O)C=CCC1=CN1CCN(c2ccncc2)CC1. The van der Waals surface area contributed by atoms with Crippen LogP contribution in [-0.4, -0.2) is 61.3 Å². The minimum absolute atomic E-state index is 0.0439. The van der Waals surface area contributed by atoms with Gasteiger partial charge in [-0.3, -0.25) is 14.5 Å². The molecule has 1 fully saturated rings. The average molecular weight is 461 g/mol. The Morgan fingerprint density at radius 2 is 1.94 bits per heavy atom. The number of nitrogens with zero attached hydrogens (tertiary/aromatic N) is 3. The maximum atomic E-state index is 12.6. The molecule has 3 rings (SSSR count). The normalized spacial score (nSPS) is 18.3. The van der Waals surface area contributed by atoms with Crippen LogP contribution >= 0.6 is 0 Å². The molecular formula is C23H32N4O4S. The molecule has 174 valence electrons. The number of sulfonamides is 1. The third-order valence-corrected chi connectivity index (χ3v) is 6.95. The van der Waals surface area contributed by atoms with Crippen molar-refractivity contribution in [3.8, 4) is 0 Å². The van der Waals surface area contributed by atoms with Crippen LogP contribution < -0.4 is 9.62 Å². The summed E-state index contributed by atoms with van der Waals surface area (Å²) >= 11 is 0. The van der Waals surface area contributed by atoms with Crippen molar-refractivity contribution >= 4 is 21.7 Å². The summed E-state index contributed by atoms with van der Waals surface area (Å²) in [4.78, 5) is 19.7. The number of unbranched alkanes of at least 4 members (excludes halogenated alkanes) is 1. The molecule has 0 amide bonds. The number of pyridine rings is 1. The maximum Gasteiger partial charge on any atom is 0.303 e. The third kappa shape index (κ3) is 6.85. The molecule has 0 atom stereocenters. The molecule has 2 heterocycles. The van der Waals surface area contributed by atoms with Crippen molar-refractivity contribution in [3.05, 3.63) is 59.7 Å². The summed E-state index contributed by atoms with van der Waals surface area (Å²) in [7, 11) is -3.50. The zero-order chi connectivity index (χ0) is 23.0.